The van der Waals surface area contributed by atoms with E-state index in [1.165, 1.54) is 0 Å². The Bertz CT molecular complexity index is 675. The second-order valence-corrected chi connectivity index (χ2v) is 5.50. The lowest BCUT2D eigenvalue weighted by Gasteiger charge is -2.01. The first-order valence-electron chi connectivity index (χ1n) is 6.27. The van der Waals surface area contributed by atoms with Gasteiger partial charge in [-0.1, -0.05) is 42.6 Å². The Hall–Kier alpha value is -1.17. The normalized spacial score (nSPS) is 11.3. The van der Waals surface area contributed by atoms with Crippen LogP contribution in [0, 0.1) is 4.77 Å². The van der Waals surface area contributed by atoms with Crippen molar-refractivity contribution in [2.75, 3.05) is 0 Å². The molecule has 0 amide bonds. The van der Waals surface area contributed by atoms with Crippen LogP contribution in [0.3, 0.4) is 0 Å². The van der Waals surface area contributed by atoms with Gasteiger partial charge in [0.05, 0.1) is 11.2 Å². The van der Waals surface area contributed by atoms with E-state index >= 15 is 0 Å². The molecule has 7 heteroatoms. The molecule has 4 nitrogen and oxygen atoms in total. The summed E-state index contributed by atoms with van der Waals surface area (Å²) >= 11 is 17.1. The first-order chi connectivity index (χ1) is 9.61. The van der Waals surface area contributed by atoms with Gasteiger partial charge in [-0.15, -0.1) is 0 Å². The van der Waals surface area contributed by atoms with Crippen molar-refractivity contribution >= 4 is 41.6 Å². The number of unbranched alkanes of at least 4 members (excludes halogenated alkanes) is 1. The summed E-state index contributed by atoms with van der Waals surface area (Å²) in [7, 11) is 0. The van der Waals surface area contributed by atoms with Crippen LogP contribution in [0.1, 0.15) is 31.2 Å². The van der Waals surface area contributed by atoms with E-state index in [0.717, 1.165) is 30.7 Å². The molecule has 20 heavy (non-hydrogen) atoms. The lowest BCUT2D eigenvalue weighted by atomic mass is 10.2. The Balaban J connectivity index is 2.27. The van der Waals surface area contributed by atoms with Crippen LogP contribution < -0.4 is 0 Å². The van der Waals surface area contributed by atoms with Gasteiger partial charge in [-0.25, -0.2) is 0 Å². The van der Waals surface area contributed by atoms with Crippen molar-refractivity contribution in [2.24, 2.45) is 5.10 Å². The van der Waals surface area contributed by atoms with Crippen LogP contribution >= 0.6 is 35.4 Å². The Morgan fingerprint density at radius 1 is 1.45 bits per heavy atom. The summed E-state index contributed by atoms with van der Waals surface area (Å²) < 4.78 is 2.09. The number of aryl methyl sites for hydroxylation is 1. The molecular formula is C13H14Cl2N4S. The number of rotatable bonds is 5. The van der Waals surface area contributed by atoms with Gasteiger partial charge < -0.3 is 0 Å². The third kappa shape index (κ3) is 3.69. The van der Waals surface area contributed by atoms with E-state index < -0.39 is 0 Å². The van der Waals surface area contributed by atoms with Gasteiger partial charge in [0.2, 0.25) is 4.77 Å². The van der Waals surface area contributed by atoms with Crippen molar-refractivity contribution in [3.8, 4) is 0 Å². The molecule has 0 aliphatic carbocycles. The van der Waals surface area contributed by atoms with Crippen LogP contribution in [0.2, 0.25) is 10.0 Å². The number of aromatic nitrogens is 3. The van der Waals surface area contributed by atoms with E-state index in [9.17, 15) is 0 Å². The quantitative estimate of drug-likeness (QED) is 0.650. The molecule has 1 heterocycles. The number of nitrogens with one attached hydrogen (secondary N) is 1. The number of benzene rings is 1. The topological polar surface area (TPSA) is 46.0 Å². The SMILES string of the molecule is CCCCc1n[nH]c(=S)n1/N=C/c1ccc(Cl)cc1Cl. The Morgan fingerprint density at radius 2 is 2.25 bits per heavy atom. The standard InChI is InChI=1S/C13H14Cl2N4S/c1-2-3-4-12-17-18-13(20)19(12)16-8-9-5-6-10(14)7-11(9)15/h5-8H,2-4H2,1H3,(H,18,20)/b16-8+. The molecule has 0 aliphatic heterocycles. The van der Waals surface area contributed by atoms with Crippen molar-refractivity contribution in [2.45, 2.75) is 26.2 Å². The molecule has 0 atom stereocenters. The molecule has 1 aromatic carbocycles. The number of H-pyrrole nitrogens is 1. The molecule has 0 unspecified atom stereocenters. The van der Waals surface area contributed by atoms with Crippen molar-refractivity contribution < 1.29 is 0 Å². The van der Waals surface area contributed by atoms with Crippen LogP contribution in [0.25, 0.3) is 0 Å². The number of hydrogen-bond donors (Lipinski definition) is 1. The number of halogens is 2. The average Bonchev–Trinajstić information content (AvgIpc) is 2.76. The first-order valence-corrected chi connectivity index (χ1v) is 7.44. The van der Waals surface area contributed by atoms with E-state index in [-0.39, 0.29) is 0 Å². The van der Waals surface area contributed by atoms with Gasteiger partial charge in [-0.05, 0) is 30.8 Å². The smallest absolute Gasteiger partial charge is 0.216 e. The Morgan fingerprint density at radius 3 is 2.95 bits per heavy atom. The summed E-state index contributed by atoms with van der Waals surface area (Å²) in [5.41, 5.74) is 0.778. The first kappa shape index (κ1) is 15.2. The van der Waals surface area contributed by atoms with Gasteiger partial charge in [0.15, 0.2) is 5.82 Å². The molecule has 0 spiro atoms. The van der Waals surface area contributed by atoms with Crippen LogP contribution in [0.4, 0.5) is 0 Å². The summed E-state index contributed by atoms with van der Waals surface area (Å²) in [5, 5.41) is 12.4. The third-order valence-corrected chi connectivity index (χ3v) is 3.57. The predicted octanol–water partition coefficient (Wildman–Crippen LogP) is 4.47. The van der Waals surface area contributed by atoms with Crippen molar-refractivity contribution in [3.63, 3.8) is 0 Å². The summed E-state index contributed by atoms with van der Waals surface area (Å²) in [6.07, 6.45) is 4.61. The van der Waals surface area contributed by atoms with E-state index in [1.807, 2.05) is 6.07 Å². The fourth-order valence-electron chi connectivity index (χ4n) is 1.67. The van der Waals surface area contributed by atoms with Gasteiger partial charge in [-0.3, -0.25) is 5.10 Å². The van der Waals surface area contributed by atoms with Crippen molar-refractivity contribution in [3.05, 3.63) is 44.4 Å². The number of aromatic amines is 1. The van der Waals surface area contributed by atoms with Crippen molar-refractivity contribution in [1.82, 2.24) is 14.9 Å². The summed E-state index contributed by atoms with van der Waals surface area (Å²) in [6, 6.07) is 5.25. The van der Waals surface area contributed by atoms with E-state index in [0.29, 0.717) is 14.8 Å². The highest BCUT2D eigenvalue weighted by molar-refractivity contribution is 7.71. The Labute approximate surface area is 132 Å². The minimum absolute atomic E-state index is 0.470. The van der Waals surface area contributed by atoms with Gasteiger partial charge >= 0.3 is 0 Å². The Kier molecular flexibility index (Phi) is 5.34. The van der Waals surface area contributed by atoms with Gasteiger partial charge in [0, 0.05) is 17.0 Å². The monoisotopic (exact) mass is 328 g/mol. The van der Waals surface area contributed by atoms with E-state index in [1.54, 1.807) is 23.0 Å². The highest BCUT2D eigenvalue weighted by Crippen LogP contribution is 2.19. The summed E-state index contributed by atoms with van der Waals surface area (Å²) in [5.74, 6) is 0.818. The number of hydrogen-bond acceptors (Lipinski definition) is 3. The molecule has 2 rings (SSSR count). The van der Waals surface area contributed by atoms with Gasteiger partial charge in [-0.2, -0.15) is 14.9 Å². The molecule has 2 aromatic rings. The van der Waals surface area contributed by atoms with Crippen LogP contribution in [0.15, 0.2) is 23.3 Å². The third-order valence-electron chi connectivity index (χ3n) is 2.75. The van der Waals surface area contributed by atoms with Crippen LogP contribution in [-0.2, 0) is 6.42 Å². The summed E-state index contributed by atoms with van der Waals surface area (Å²) in [4.78, 5) is 0. The zero-order valence-electron chi connectivity index (χ0n) is 10.9. The maximum atomic E-state index is 6.10. The molecule has 106 valence electrons. The molecule has 0 aliphatic rings. The highest BCUT2D eigenvalue weighted by Gasteiger charge is 2.04. The van der Waals surface area contributed by atoms with Gasteiger partial charge in [0.25, 0.3) is 0 Å². The largest absolute Gasteiger partial charge is 0.250 e. The fraction of sp³-hybridized carbons (Fsp3) is 0.308. The second-order valence-electron chi connectivity index (χ2n) is 4.27. The molecule has 0 fully saturated rings. The molecule has 0 saturated heterocycles. The average molecular weight is 329 g/mol. The summed E-state index contributed by atoms with van der Waals surface area (Å²) in [6.45, 7) is 2.13. The second kappa shape index (κ2) is 7.02. The van der Waals surface area contributed by atoms with Crippen LogP contribution in [-0.4, -0.2) is 21.1 Å². The molecule has 0 bridgehead atoms. The lowest BCUT2D eigenvalue weighted by molar-refractivity contribution is 0.700. The lowest BCUT2D eigenvalue weighted by Crippen LogP contribution is -1.99. The number of nitrogens with zero attached hydrogens (tertiary/aromatic N) is 3. The predicted molar refractivity (Wildman–Crippen MR) is 85.5 cm³/mol. The van der Waals surface area contributed by atoms with Crippen LogP contribution in [0.5, 0.6) is 0 Å². The molecule has 1 N–H and O–H groups in total. The highest BCUT2D eigenvalue weighted by atomic mass is 35.5. The van der Waals surface area contributed by atoms with Gasteiger partial charge in [0.1, 0.15) is 0 Å². The maximum absolute atomic E-state index is 6.10. The zero-order valence-corrected chi connectivity index (χ0v) is 13.3. The minimum Gasteiger partial charge on any atom is -0.250 e. The maximum Gasteiger partial charge on any atom is 0.216 e. The zero-order chi connectivity index (χ0) is 14.5. The fourth-order valence-corrected chi connectivity index (χ4v) is 2.32. The van der Waals surface area contributed by atoms with E-state index in [4.69, 9.17) is 35.4 Å². The molecule has 0 radical (unpaired) electrons. The van der Waals surface area contributed by atoms with Crippen molar-refractivity contribution in [1.29, 1.82) is 0 Å². The molecule has 0 saturated carbocycles. The van der Waals surface area contributed by atoms with E-state index in [2.05, 4.69) is 22.2 Å². The molecular weight excluding hydrogens is 315 g/mol. The molecule has 1 aromatic heterocycles. The minimum atomic E-state index is 0.470.